The lowest BCUT2D eigenvalue weighted by Crippen LogP contribution is -2.59. The monoisotopic (exact) mass is 469 g/mol. The fraction of sp³-hybridized carbons (Fsp3) is 0.579. The minimum absolute atomic E-state index is 0.101. The van der Waals surface area contributed by atoms with E-state index in [1.54, 1.807) is 13.8 Å². The highest BCUT2D eigenvalue weighted by Crippen LogP contribution is 2.09. The van der Waals surface area contributed by atoms with Crippen molar-refractivity contribution in [2.75, 3.05) is 6.61 Å². The largest absolute Gasteiger partial charge is 0.480 e. The van der Waals surface area contributed by atoms with Gasteiger partial charge in [-0.25, -0.2) is 9.78 Å². The van der Waals surface area contributed by atoms with E-state index in [-0.39, 0.29) is 6.42 Å². The zero-order valence-electron chi connectivity index (χ0n) is 18.4. The average Bonchev–Trinajstić information content (AvgIpc) is 3.26. The number of nitrogens with zero attached hydrogens (tertiary/aromatic N) is 1. The first-order valence-electron chi connectivity index (χ1n) is 10.3. The highest BCUT2D eigenvalue weighted by atomic mass is 16.4. The molecule has 1 rings (SSSR count). The van der Waals surface area contributed by atoms with Gasteiger partial charge in [-0.15, -0.1) is 0 Å². The standard InChI is InChI=1S/C19H31N7O7/c1-3-9(2)15(26-16(29)11(20)5-14(21)28)18(31)25-13(7-27)17(30)24-12(19(32)33)4-10-6-22-8-23-10/h6,8-9,11-13,15,27H,3-5,7,20H2,1-2H3,(H2,21,28)(H,22,23)(H,24,30)(H,25,31)(H,26,29)(H,32,33). The Morgan fingerprint density at radius 2 is 1.73 bits per heavy atom. The molecule has 10 N–H and O–H groups in total. The number of rotatable bonds is 14. The van der Waals surface area contributed by atoms with E-state index in [0.717, 1.165) is 0 Å². The predicted molar refractivity (Wildman–Crippen MR) is 114 cm³/mol. The zero-order chi connectivity index (χ0) is 25.1. The number of nitrogens with two attached hydrogens (primary N) is 2. The summed E-state index contributed by atoms with van der Waals surface area (Å²) in [5.41, 5.74) is 11.1. The van der Waals surface area contributed by atoms with Crippen LogP contribution in [0.4, 0.5) is 0 Å². The van der Waals surface area contributed by atoms with Crippen LogP contribution in [0, 0.1) is 5.92 Å². The molecule has 0 aliphatic heterocycles. The topological polar surface area (TPSA) is 243 Å². The van der Waals surface area contributed by atoms with Crippen LogP contribution in [0.1, 0.15) is 32.4 Å². The Bertz CT molecular complexity index is 830. The number of aliphatic hydroxyl groups is 1. The number of aromatic nitrogens is 2. The van der Waals surface area contributed by atoms with Crippen LogP contribution in [0.5, 0.6) is 0 Å². The quantitative estimate of drug-likeness (QED) is 0.136. The summed E-state index contributed by atoms with van der Waals surface area (Å²) in [6.45, 7) is 2.61. The van der Waals surface area contributed by atoms with Crippen LogP contribution >= 0.6 is 0 Å². The van der Waals surface area contributed by atoms with Gasteiger partial charge < -0.3 is 42.6 Å². The van der Waals surface area contributed by atoms with Crippen molar-refractivity contribution in [2.24, 2.45) is 17.4 Å². The van der Waals surface area contributed by atoms with E-state index in [2.05, 4.69) is 25.9 Å². The number of carbonyl (C=O) groups excluding carboxylic acids is 4. The molecule has 33 heavy (non-hydrogen) atoms. The maximum Gasteiger partial charge on any atom is 0.326 e. The van der Waals surface area contributed by atoms with Gasteiger partial charge >= 0.3 is 5.97 Å². The smallest absolute Gasteiger partial charge is 0.326 e. The van der Waals surface area contributed by atoms with Gasteiger partial charge in [-0.05, 0) is 5.92 Å². The summed E-state index contributed by atoms with van der Waals surface area (Å²) in [4.78, 5) is 66.6. The molecule has 0 aliphatic rings. The second-order valence-electron chi connectivity index (χ2n) is 7.57. The molecule has 1 heterocycles. The molecule has 0 radical (unpaired) electrons. The van der Waals surface area contributed by atoms with Crippen molar-refractivity contribution in [3.63, 3.8) is 0 Å². The molecule has 0 fully saturated rings. The first-order chi connectivity index (χ1) is 15.5. The molecular formula is C19H31N7O7. The lowest BCUT2D eigenvalue weighted by atomic mass is 9.97. The number of hydrogen-bond acceptors (Lipinski definition) is 8. The highest BCUT2D eigenvalue weighted by Gasteiger charge is 2.32. The van der Waals surface area contributed by atoms with Gasteiger partial charge in [0.15, 0.2) is 0 Å². The van der Waals surface area contributed by atoms with E-state index in [0.29, 0.717) is 12.1 Å². The summed E-state index contributed by atoms with van der Waals surface area (Å²) in [6, 6.07) is -5.23. The Labute approximate surface area is 189 Å². The first-order valence-corrected chi connectivity index (χ1v) is 10.3. The number of nitrogens with one attached hydrogen (secondary N) is 4. The van der Waals surface area contributed by atoms with Crippen LogP contribution in [0.25, 0.3) is 0 Å². The average molecular weight is 469 g/mol. The summed E-state index contributed by atoms with van der Waals surface area (Å²) in [5.74, 6) is -5.03. The minimum Gasteiger partial charge on any atom is -0.480 e. The third-order valence-electron chi connectivity index (χ3n) is 4.96. The maximum atomic E-state index is 12.8. The van der Waals surface area contributed by atoms with Crippen LogP contribution in [-0.2, 0) is 30.4 Å². The summed E-state index contributed by atoms with van der Waals surface area (Å²) in [7, 11) is 0. The molecule has 0 aliphatic carbocycles. The van der Waals surface area contributed by atoms with Gasteiger partial charge in [-0.3, -0.25) is 19.2 Å². The van der Waals surface area contributed by atoms with Crippen molar-refractivity contribution in [3.8, 4) is 0 Å². The molecule has 5 unspecified atom stereocenters. The van der Waals surface area contributed by atoms with E-state index < -0.39 is 72.7 Å². The second-order valence-corrected chi connectivity index (χ2v) is 7.57. The molecule has 0 saturated heterocycles. The third kappa shape index (κ3) is 8.86. The SMILES string of the molecule is CCC(C)C(NC(=O)C(N)CC(N)=O)C(=O)NC(CO)C(=O)NC(Cc1cnc[nH]1)C(=O)O. The molecule has 1 aromatic heterocycles. The molecule has 0 bridgehead atoms. The molecule has 1 aromatic rings. The number of aliphatic carboxylic acids is 1. The number of imidazole rings is 1. The van der Waals surface area contributed by atoms with Crippen molar-refractivity contribution in [3.05, 3.63) is 18.2 Å². The van der Waals surface area contributed by atoms with Gasteiger partial charge in [0.05, 0.1) is 25.4 Å². The number of primary amides is 1. The van der Waals surface area contributed by atoms with Gasteiger partial charge in [0, 0.05) is 18.3 Å². The molecule has 0 aromatic carbocycles. The van der Waals surface area contributed by atoms with Gasteiger partial charge in [0.1, 0.15) is 18.1 Å². The van der Waals surface area contributed by atoms with Crippen molar-refractivity contribution in [1.82, 2.24) is 25.9 Å². The number of carboxylic acids is 1. The van der Waals surface area contributed by atoms with Crippen molar-refractivity contribution in [1.29, 1.82) is 0 Å². The Hall–Kier alpha value is -3.52. The van der Waals surface area contributed by atoms with Gasteiger partial charge in [0.2, 0.25) is 23.6 Å². The number of carbonyl (C=O) groups is 5. The van der Waals surface area contributed by atoms with E-state index >= 15 is 0 Å². The van der Waals surface area contributed by atoms with E-state index in [4.69, 9.17) is 11.5 Å². The molecule has 14 nitrogen and oxygen atoms in total. The Kier molecular flexibility index (Phi) is 10.9. The number of carboxylic acid groups (broad SMARTS) is 1. The Balaban J connectivity index is 2.87. The fourth-order valence-electron chi connectivity index (χ4n) is 2.82. The molecule has 0 spiro atoms. The number of hydrogen-bond donors (Lipinski definition) is 8. The minimum atomic E-state index is -1.48. The van der Waals surface area contributed by atoms with Crippen LogP contribution in [0.2, 0.25) is 0 Å². The molecule has 184 valence electrons. The highest BCUT2D eigenvalue weighted by molar-refractivity contribution is 5.95. The number of aromatic amines is 1. The molecule has 5 atom stereocenters. The fourth-order valence-corrected chi connectivity index (χ4v) is 2.82. The van der Waals surface area contributed by atoms with E-state index in [1.807, 2.05) is 0 Å². The predicted octanol–water partition coefficient (Wildman–Crippen LogP) is -3.27. The lowest BCUT2D eigenvalue weighted by Gasteiger charge is -2.27. The molecule has 4 amide bonds. The van der Waals surface area contributed by atoms with Crippen LogP contribution in [0.3, 0.4) is 0 Å². The summed E-state index contributed by atoms with van der Waals surface area (Å²) in [5, 5.41) is 26.0. The maximum absolute atomic E-state index is 12.8. The number of H-pyrrole nitrogens is 1. The van der Waals surface area contributed by atoms with E-state index in [9.17, 15) is 34.2 Å². The summed E-state index contributed by atoms with van der Waals surface area (Å²) in [6.07, 6.45) is 2.69. The van der Waals surface area contributed by atoms with Gasteiger partial charge in [0.25, 0.3) is 0 Å². The van der Waals surface area contributed by atoms with Crippen molar-refractivity contribution < 1.29 is 34.2 Å². The molecule has 0 saturated carbocycles. The Morgan fingerprint density at radius 3 is 2.21 bits per heavy atom. The zero-order valence-corrected chi connectivity index (χ0v) is 18.4. The first kappa shape index (κ1) is 27.5. The number of amides is 4. The van der Waals surface area contributed by atoms with Crippen LogP contribution in [-0.4, -0.2) is 80.6 Å². The van der Waals surface area contributed by atoms with Gasteiger partial charge in [-0.1, -0.05) is 20.3 Å². The van der Waals surface area contributed by atoms with Crippen molar-refractivity contribution >= 4 is 29.6 Å². The van der Waals surface area contributed by atoms with E-state index in [1.165, 1.54) is 12.5 Å². The molecular weight excluding hydrogens is 438 g/mol. The normalized spacial score (nSPS) is 15.4. The second kappa shape index (κ2) is 13.1. The summed E-state index contributed by atoms with van der Waals surface area (Å²) < 4.78 is 0. The van der Waals surface area contributed by atoms with Crippen LogP contribution in [0.15, 0.2) is 12.5 Å². The third-order valence-corrected chi connectivity index (χ3v) is 4.96. The lowest BCUT2D eigenvalue weighted by molar-refractivity contribution is -0.142. The Morgan fingerprint density at radius 1 is 1.09 bits per heavy atom. The number of aliphatic hydroxyl groups excluding tert-OH is 1. The molecule has 14 heteroatoms. The van der Waals surface area contributed by atoms with Crippen molar-refractivity contribution in [2.45, 2.75) is 57.3 Å². The van der Waals surface area contributed by atoms with Crippen LogP contribution < -0.4 is 27.4 Å². The summed E-state index contributed by atoms with van der Waals surface area (Å²) >= 11 is 0. The van der Waals surface area contributed by atoms with Gasteiger partial charge in [-0.2, -0.15) is 0 Å².